The molecule has 0 aliphatic rings. The molecule has 3 nitrogen and oxygen atoms in total. The van der Waals surface area contributed by atoms with Gasteiger partial charge in [0.25, 0.3) is 0 Å². The Hall–Kier alpha value is -0.980. The molecule has 0 atom stereocenters. The molecule has 96 valence electrons. The number of thiazole rings is 1. The number of halogens is 2. The van der Waals surface area contributed by atoms with Crippen molar-refractivity contribution in [3.63, 3.8) is 0 Å². The standard InChI is InChI=1S/C13H7Br2NO2S/c1-6-16-11(5-19-6)9-3-7-2-8(14)4-10(15)12(7)18-13(9)17/h2-5H,1H3. The van der Waals surface area contributed by atoms with Gasteiger partial charge in [-0.05, 0) is 41.1 Å². The van der Waals surface area contributed by atoms with Gasteiger partial charge < -0.3 is 4.42 Å². The maximum Gasteiger partial charge on any atom is 0.345 e. The van der Waals surface area contributed by atoms with Crippen molar-refractivity contribution < 1.29 is 4.42 Å². The molecule has 2 aromatic heterocycles. The Morgan fingerprint density at radius 2 is 2.05 bits per heavy atom. The summed E-state index contributed by atoms with van der Waals surface area (Å²) in [5, 5.41) is 3.63. The van der Waals surface area contributed by atoms with Gasteiger partial charge in [-0.25, -0.2) is 9.78 Å². The van der Waals surface area contributed by atoms with Crippen molar-refractivity contribution >= 4 is 54.2 Å². The van der Waals surface area contributed by atoms with Gasteiger partial charge in [-0.3, -0.25) is 0 Å². The summed E-state index contributed by atoms with van der Waals surface area (Å²) in [5.41, 5.74) is 1.32. The fourth-order valence-corrected chi connectivity index (χ4v) is 3.78. The summed E-state index contributed by atoms with van der Waals surface area (Å²) in [7, 11) is 0. The van der Waals surface area contributed by atoms with Crippen LogP contribution in [0, 0.1) is 6.92 Å². The number of aromatic nitrogens is 1. The molecule has 3 aromatic rings. The normalized spacial score (nSPS) is 11.1. The number of rotatable bonds is 1. The fourth-order valence-electron chi connectivity index (χ4n) is 1.82. The fraction of sp³-hybridized carbons (Fsp3) is 0.0769. The van der Waals surface area contributed by atoms with Gasteiger partial charge >= 0.3 is 5.63 Å². The van der Waals surface area contributed by atoms with Crippen molar-refractivity contribution in [1.29, 1.82) is 0 Å². The Kier molecular flexibility index (Phi) is 3.32. The van der Waals surface area contributed by atoms with Crippen molar-refractivity contribution in [2.75, 3.05) is 0 Å². The SMILES string of the molecule is Cc1nc(-c2cc3cc(Br)cc(Br)c3oc2=O)cs1. The number of nitrogens with zero attached hydrogens (tertiary/aromatic N) is 1. The highest BCUT2D eigenvalue weighted by atomic mass is 79.9. The largest absolute Gasteiger partial charge is 0.421 e. The van der Waals surface area contributed by atoms with Crippen LogP contribution in [0.4, 0.5) is 0 Å². The van der Waals surface area contributed by atoms with Gasteiger partial charge in [0.1, 0.15) is 0 Å². The topological polar surface area (TPSA) is 43.1 Å². The first-order valence-electron chi connectivity index (χ1n) is 5.40. The Morgan fingerprint density at radius 1 is 1.26 bits per heavy atom. The minimum Gasteiger partial charge on any atom is -0.421 e. The van der Waals surface area contributed by atoms with Gasteiger partial charge in [0.05, 0.1) is 20.7 Å². The molecule has 0 N–H and O–H groups in total. The third-order valence-electron chi connectivity index (χ3n) is 2.65. The summed E-state index contributed by atoms with van der Waals surface area (Å²) in [6, 6.07) is 5.56. The van der Waals surface area contributed by atoms with E-state index in [-0.39, 0.29) is 5.63 Å². The molecule has 2 heterocycles. The molecule has 0 aliphatic carbocycles. The van der Waals surface area contributed by atoms with Crippen LogP contribution in [0.25, 0.3) is 22.2 Å². The van der Waals surface area contributed by atoms with Crippen LogP contribution in [-0.4, -0.2) is 4.98 Å². The van der Waals surface area contributed by atoms with Gasteiger partial charge in [0, 0.05) is 15.2 Å². The summed E-state index contributed by atoms with van der Waals surface area (Å²) in [6.45, 7) is 1.91. The van der Waals surface area contributed by atoms with Gasteiger partial charge in [0.15, 0.2) is 5.58 Å². The zero-order valence-electron chi connectivity index (χ0n) is 9.74. The predicted octanol–water partition coefficient (Wildman–Crippen LogP) is 4.75. The summed E-state index contributed by atoms with van der Waals surface area (Å²) in [6.07, 6.45) is 0. The van der Waals surface area contributed by atoms with Crippen molar-refractivity contribution in [3.8, 4) is 11.3 Å². The zero-order chi connectivity index (χ0) is 13.6. The predicted molar refractivity (Wildman–Crippen MR) is 83.7 cm³/mol. The molecule has 0 fully saturated rings. The third kappa shape index (κ3) is 2.40. The van der Waals surface area contributed by atoms with Crippen molar-refractivity contribution in [2.24, 2.45) is 0 Å². The highest BCUT2D eigenvalue weighted by Gasteiger charge is 2.12. The Morgan fingerprint density at radius 3 is 2.74 bits per heavy atom. The van der Waals surface area contributed by atoms with Crippen LogP contribution in [0.3, 0.4) is 0 Å². The highest BCUT2D eigenvalue weighted by molar-refractivity contribution is 9.11. The van der Waals surface area contributed by atoms with Crippen LogP contribution in [0.1, 0.15) is 5.01 Å². The first kappa shape index (κ1) is 13.0. The maximum absolute atomic E-state index is 12.0. The Bertz CT molecular complexity index is 838. The molecule has 0 bridgehead atoms. The van der Waals surface area contributed by atoms with E-state index in [1.165, 1.54) is 11.3 Å². The number of aryl methyl sites for hydroxylation is 1. The molecule has 0 aliphatic heterocycles. The summed E-state index contributed by atoms with van der Waals surface area (Å²) >= 11 is 8.32. The molecule has 3 rings (SSSR count). The summed E-state index contributed by atoms with van der Waals surface area (Å²) < 4.78 is 7.05. The first-order valence-corrected chi connectivity index (χ1v) is 7.86. The molecule has 6 heteroatoms. The van der Waals surface area contributed by atoms with Gasteiger partial charge in [-0.1, -0.05) is 15.9 Å². The smallest absolute Gasteiger partial charge is 0.345 e. The summed E-state index contributed by atoms with van der Waals surface area (Å²) in [4.78, 5) is 16.4. The quantitative estimate of drug-likeness (QED) is 0.553. The molecule has 0 saturated heterocycles. The zero-order valence-corrected chi connectivity index (χ0v) is 13.7. The molecule has 0 radical (unpaired) electrons. The van der Waals surface area contributed by atoms with Gasteiger partial charge in [-0.15, -0.1) is 11.3 Å². The number of hydrogen-bond acceptors (Lipinski definition) is 4. The van der Waals surface area contributed by atoms with E-state index in [9.17, 15) is 4.79 Å². The number of hydrogen-bond donors (Lipinski definition) is 0. The Labute approximate surface area is 129 Å². The number of benzene rings is 1. The highest BCUT2D eigenvalue weighted by Crippen LogP contribution is 2.30. The number of fused-ring (bicyclic) bond motifs is 1. The summed E-state index contributed by atoms with van der Waals surface area (Å²) in [5.74, 6) is 0. The second-order valence-electron chi connectivity index (χ2n) is 4.01. The Balaban J connectivity index is 2.33. The van der Waals surface area contributed by atoms with E-state index in [0.29, 0.717) is 16.8 Å². The maximum atomic E-state index is 12.0. The van der Waals surface area contributed by atoms with Crippen molar-refractivity contribution in [1.82, 2.24) is 4.98 Å². The van der Waals surface area contributed by atoms with Crippen LogP contribution in [0.5, 0.6) is 0 Å². The monoisotopic (exact) mass is 399 g/mol. The lowest BCUT2D eigenvalue weighted by Gasteiger charge is -2.02. The van der Waals surface area contributed by atoms with Gasteiger partial charge in [0.2, 0.25) is 0 Å². The molecular weight excluding hydrogens is 394 g/mol. The molecule has 0 unspecified atom stereocenters. The second kappa shape index (κ2) is 4.85. The molecule has 1 aromatic carbocycles. The molecule has 0 spiro atoms. The van der Waals surface area contributed by atoms with E-state index >= 15 is 0 Å². The van der Waals surface area contributed by atoms with Crippen LogP contribution in [0.15, 0.2) is 41.7 Å². The minimum atomic E-state index is -0.374. The first-order chi connectivity index (χ1) is 9.04. The molecule has 0 amide bonds. The molecular formula is C13H7Br2NO2S. The van der Waals surface area contributed by atoms with E-state index in [1.54, 1.807) is 0 Å². The third-order valence-corrected chi connectivity index (χ3v) is 4.47. The van der Waals surface area contributed by atoms with Crippen LogP contribution < -0.4 is 5.63 Å². The van der Waals surface area contributed by atoms with E-state index in [0.717, 1.165) is 19.3 Å². The van der Waals surface area contributed by atoms with Crippen LogP contribution >= 0.6 is 43.2 Å². The average molecular weight is 401 g/mol. The van der Waals surface area contributed by atoms with E-state index in [4.69, 9.17) is 4.42 Å². The van der Waals surface area contributed by atoms with E-state index < -0.39 is 0 Å². The lowest BCUT2D eigenvalue weighted by atomic mass is 10.1. The van der Waals surface area contributed by atoms with Crippen molar-refractivity contribution in [3.05, 3.63) is 48.0 Å². The lowest BCUT2D eigenvalue weighted by Crippen LogP contribution is -2.03. The second-order valence-corrected chi connectivity index (χ2v) is 6.84. The van der Waals surface area contributed by atoms with Crippen molar-refractivity contribution in [2.45, 2.75) is 6.92 Å². The van der Waals surface area contributed by atoms with Gasteiger partial charge in [-0.2, -0.15) is 0 Å². The minimum absolute atomic E-state index is 0.374. The molecule has 19 heavy (non-hydrogen) atoms. The van der Waals surface area contributed by atoms with E-state index in [1.807, 2.05) is 30.5 Å². The average Bonchev–Trinajstić information content (AvgIpc) is 2.76. The molecule has 0 saturated carbocycles. The lowest BCUT2D eigenvalue weighted by molar-refractivity contribution is 0.561. The van der Waals surface area contributed by atoms with Crippen LogP contribution in [0.2, 0.25) is 0 Å². The van der Waals surface area contributed by atoms with E-state index in [2.05, 4.69) is 36.8 Å². The van der Waals surface area contributed by atoms with Crippen LogP contribution in [-0.2, 0) is 0 Å².